The van der Waals surface area contributed by atoms with E-state index < -0.39 is 5.97 Å². The Kier molecular flexibility index (Phi) is 9.63. The number of rotatable bonds is 4. The molecule has 0 heterocycles. The quantitative estimate of drug-likeness (QED) is 0.521. The van der Waals surface area contributed by atoms with Gasteiger partial charge in [0.15, 0.2) is 0 Å². The van der Waals surface area contributed by atoms with Crippen molar-refractivity contribution in [2.75, 3.05) is 20.7 Å². The number of carbonyl (C=O) groups is 1. The van der Waals surface area contributed by atoms with Gasteiger partial charge in [0.2, 0.25) is 0 Å². The van der Waals surface area contributed by atoms with E-state index in [9.17, 15) is 4.79 Å². The highest BCUT2D eigenvalue weighted by Crippen LogP contribution is 2.12. The van der Waals surface area contributed by atoms with Gasteiger partial charge in [-0.1, -0.05) is 44.2 Å². The molecule has 1 aromatic carbocycles. The zero-order valence-electron chi connectivity index (χ0n) is 12.5. The zero-order chi connectivity index (χ0) is 15.4. The van der Waals surface area contributed by atoms with Crippen molar-refractivity contribution in [2.45, 2.75) is 13.8 Å². The third-order valence-electron chi connectivity index (χ3n) is 2.03. The van der Waals surface area contributed by atoms with Crippen molar-refractivity contribution < 1.29 is 9.53 Å². The van der Waals surface area contributed by atoms with Gasteiger partial charge in [-0.15, -0.1) is 0 Å². The van der Waals surface area contributed by atoms with Gasteiger partial charge in [0.1, 0.15) is 6.07 Å². The first-order valence-corrected chi connectivity index (χ1v) is 6.47. The summed E-state index contributed by atoms with van der Waals surface area (Å²) in [4.78, 5) is 11.4. The molecule has 0 aliphatic heterocycles. The van der Waals surface area contributed by atoms with E-state index in [2.05, 4.69) is 5.32 Å². The van der Waals surface area contributed by atoms with Crippen LogP contribution >= 0.6 is 0 Å². The molecule has 0 bridgehead atoms. The maximum Gasteiger partial charge on any atom is 0.332 e. The fourth-order valence-electron chi connectivity index (χ4n) is 1.21. The summed E-state index contributed by atoms with van der Waals surface area (Å²) in [6.07, 6.45) is 1.23. The van der Waals surface area contributed by atoms with Crippen molar-refractivity contribution in [3.63, 3.8) is 0 Å². The summed E-state index contributed by atoms with van der Waals surface area (Å²) in [5, 5.41) is 11.7. The Morgan fingerprint density at radius 1 is 1.35 bits per heavy atom. The molecule has 1 aromatic rings. The van der Waals surface area contributed by atoms with Crippen LogP contribution in [0.2, 0.25) is 0 Å². The van der Waals surface area contributed by atoms with E-state index in [-0.39, 0.29) is 5.92 Å². The van der Waals surface area contributed by atoms with E-state index in [1.54, 1.807) is 12.1 Å². The highest BCUT2D eigenvalue weighted by atomic mass is 16.5. The molecular formula is C16H22N2O2. The van der Waals surface area contributed by atoms with E-state index in [0.29, 0.717) is 12.2 Å². The van der Waals surface area contributed by atoms with Crippen molar-refractivity contribution in [2.24, 2.45) is 5.92 Å². The molecule has 0 aliphatic carbocycles. The number of nitriles is 1. The van der Waals surface area contributed by atoms with E-state index in [1.807, 2.05) is 52.2 Å². The van der Waals surface area contributed by atoms with Crippen LogP contribution in [0.15, 0.2) is 36.4 Å². The molecule has 0 saturated carbocycles. The zero-order valence-corrected chi connectivity index (χ0v) is 12.5. The molecule has 0 saturated heterocycles. The van der Waals surface area contributed by atoms with Crippen LogP contribution in [0, 0.1) is 17.2 Å². The predicted octanol–water partition coefficient (Wildman–Crippen LogP) is 2.63. The molecule has 0 radical (unpaired) electrons. The smallest absolute Gasteiger partial charge is 0.332 e. The average Bonchev–Trinajstić information content (AvgIpc) is 2.44. The van der Waals surface area contributed by atoms with Crippen molar-refractivity contribution in [3.8, 4) is 6.07 Å². The molecule has 4 nitrogen and oxygen atoms in total. The summed E-state index contributed by atoms with van der Waals surface area (Å²) in [6, 6.07) is 11.1. The van der Waals surface area contributed by atoms with Crippen LogP contribution in [-0.2, 0) is 9.53 Å². The number of esters is 1. The number of nitrogens with one attached hydrogen (secondary N) is 1. The highest BCUT2D eigenvalue weighted by molar-refractivity contribution is 5.95. The van der Waals surface area contributed by atoms with Gasteiger partial charge in [-0.05, 0) is 25.6 Å². The number of hydrogen-bond acceptors (Lipinski definition) is 4. The maximum atomic E-state index is 11.4. The fourth-order valence-corrected chi connectivity index (χ4v) is 1.21. The summed E-state index contributed by atoms with van der Waals surface area (Å²) < 4.78 is 4.99. The molecule has 0 aromatic heterocycles. The molecule has 1 N–H and O–H groups in total. The molecule has 108 valence electrons. The van der Waals surface area contributed by atoms with Crippen LogP contribution in [0.4, 0.5) is 0 Å². The lowest BCUT2D eigenvalue weighted by Gasteiger charge is -2.04. The summed E-state index contributed by atoms with van der Waals surface area (Å²) >= 11 is 0. The minimum atomic E-state index is -0.473. The predicted molar refractivity (Wildman–Crippen MR) is 80.8 cm³/mol. The normalized spacial score (nSPS) is 10.3. The standard InChI is InChI=1S/C14H15NO2.C2H7N/c1-11(2)10-17-14(16)8-13(9-15)12-6-4-3-5-7-12;1-3-2/h3-8,11H,10H2,1-2H3;3H,1-2H3. The minimum Gasteiger partial charge on any atom is -0.462 e. The largest absolute Gasteiger partial charge is 0.462 e. The Morgan fingerprint density at radius 2 is 1.90 bits per heavy atom. The lowest BCUT2D eigenvalue weighted by atomic mass is 10.1. The van der Waals surface area contributed by atoms with E-state index in [0.717, 1.165) is 5.56 Å². The van der Waals surface area contributed by atoms with Crippen LogP contribution in [0.5, 0.6) is 0 Å². The van der Waals surface area contributed by atoms with Crippen LogP contribution in [0.1, 0.15) is 19.4 Å². The highest BCUT2D eigenvalue weighted by Gasteiger charge is 2.05. The molecule has 0 spiro atoms. The fraction of sp³-hybridized carbons (Fsp3) is 0.375. The second-order valence-corrected chi connectivity index (χ2v) is 4.56. The van der Waals surface area contributed by atoms with Gasteiger partial charge in [0.25, 0.3) is 0 Å². The Hall–Kier alpha value is -2.12. The summed E-state index contributed by atoms with van der Waals surface area (Å²) in [5.74, 6) is -0.186. The lowest BCUT2D eigenvalue weighted by Crippen LogP contribution is -2.07. The van der Waals surface area contributed by atoms with Crippen LogP contribution < -0.4 is 5.32 Å². The Bertz CT molecular complexity index is 459. The van der Waals surface area contributed by atoms with Gasteiger partial charge in [-0.25, -0.2) is 4.79 Å². The first-order valence-electron chi connectivity index (χ1n) is 6.47. The number of allylic oxidation sites excluding steroid dienone is 1. The summed E-state index contributed by atoms with van der Waals surface area (Å²) in [5.41, 5.74) is 1.04. The Morgan fingerprint density at radius 3 is 2.35 bits per heavy atom. The second-order valence-electron chi connectivity index (χ2n) is 4.56. The van der Waals surface area contributed by atoms with Gasteiger partial charge >= 0.3 is 5.97 Å². The number of carbonyl (C=O) groups excluding carboxylic acids is 1. The third-order valence-corrected chi connectivity index (χ3v) is 2.03. The molecule has 1 rings (SSSR count). The summed E-state index contributed by atoms with van der Waals surface area (Å²) in [7, 11) is 3.75. The molecular weight excluding hydrogens is 252 g/mol. The van der Waals surface area contributed by atoms with Crippen molar-refractivity contribution >= 4 is 11.5 Å². The molecule has 20 heavy (non-hydrogen) atoms. The van der Waals surface area contributed by atoms with Crippen LogP contribution in [0.3, 0.4) is 0 Å². The topological polar surface area (TPSA) is 62.1 Å². The Labute approximate surface area is 121 Å². The molecule has 0 aliphatic rings. The Balaban J connectivity index is 0.00000110. The average molecular weight is 274 g/mol. The van der Waals surface area contributed by atoms with Crippen molar-refractivity contribution in [1.82, 2.24) is 5.32 Å². The van der Waals surface area contributed by atoms with E-state index >= 15 is 0 Å². The first-order chi connectivity index (χ1) is 9.54. The van der Waals surface area contributed by atoms with Gasteiger partial charge in [0.05, 0.1) is 12.2 Å². The number of benzene rings is 1. The van der Waals surface area contributed by atoms with Gasteiger partial charge in [0, 0.05) is 6.08 Å². The number of hydrogen-bond donors (Lipinski definition) is 1. The number of ether oxygens (including phenoxy) is 1. The molecule has 0 atom stereocenters. The third kappa shape index (κ3) is 8.06. The lowest BCUT2D eigenvalue weighted by molar-refractivity contribution is -0.138. The SMILES string of the molecule is CC(C)COC(=O)C=C(C#N)c1ccccc1.CNC. The van der Waals surface area contributed by atoms with Crippen LogP contribution in [-0.4, -0.2) is 26.7 Å². The molecule has 0 unspecified atom stereocenters. The summed E-state index contributed by atoms with van der Waals surface area (Å²) in [6.45, 7) is 4.28. The van der Waals surface area contributed by atoms with Gasteiger partial charge < -0.3 is 10.1 Å². The van der Waals surface area contributed by atoms with Crippen LogP contribution in [0.25, 0.3) is 5.57 Å². The minimum absolute atomic E-state index is 0.287. The molecule has 4 heteroatoms. The molecule has 0 fully saturated rings. The first kappa shape index (κ1) is 17.9. The maximum absolute atomic E-state index is 11.4. The monoisotopic (exact) mass is 274 g/mol. The van der Waals surface area contributed by atoms with E-state index in [4.69, 9.17) is 10.00 Å². The van der Waals surface area contributed by atoms with Crippen molar-refractivity contribution in [3.05, 3.63) is 42.0 Å². The van der Waals surface area contributed by atoms with E-state index in [1.165, 1.54) is 6.08 Å². The molecule has 0 amide bonds. The van der Waals surface area contributed by atoms with Gasteiger partial charge in [-0.3, -0.25) is 0 Å². The second kappa shape index (κ2) is 10.8. The number of nitrogens with zero attached hydrogens (tertiary/aromatic N) is 1. The van der Waals surface area contributed by atoms with Crippen molar-refractivity contribution in [1.29, 1.82) is 5.26 Å². The van der Waals surface area contributed by atoms with Gasteiger partial charge in [-0.2, -0.15) is 5.26 Å².